The zero-order valence-corrected chi connectivity index (χ0v) is 70.5. The first-order chi connectivity index (χ1) is 59.7. The van der Waals surface area contributed by atoms with Gasteiger partial charge in [-0.15, -0.1) is 5.10 Å². The number of ether oxygens (including phenoxy) is 9. The van der Waals surface area contributed by atoms with E-state index in [2.05, 4.69) is 63.9 Å². The highest BCUT2D eigenvalue weighted by atomic mass is 16.6. The smallest absolute Gasteiger partial charge is 0.410 e. The Kier molecular flexibility index (Phi) is 35.0. The quantitative estimate of drug-likeness (QED) is 0.0138. The summed E-state index contributed by atoms with van der Waals surface area (Å²) >= 11 is 0. The molecule has 2 aromatic heterocycles. The van der Waals surface area contributed by atoms with Crippen LogP contribution in [0, 0.1) is 17.8 Å². The lowest BCUT2D eigenvalue weighted by molar-refractivity contribution is -0.138. The van der Waals surface area contributed by atoms with Crippen LogP contribution < -0.4 is 52.2 Å². The Morgan fingerprint density at radius 1 is 0.748 bits per heavy atom. The number of fused-ring (bicyclic) bond motifs is 2. The number of nitrogens with one attached hydrogen (secondary N) is 6. The summed E-state index contributed by atoms with van der Waals surface area (Å²) in [5.74, 6) is 4.15. The molecule has 123 heavy (non-hydrogen) atoms. The van der Waals surface area contributed by atoms with Crippen LogP contribution in [0.2, 0.25) is 0 Å². The number of nitrogens with two attached hydrogens (primary N) is 1. The maximum atomic E-state index is 14.5. The topological polar surface area (TPSA) is 442 Å². The number of anilines is 5. The molecule has 5 aromatic rings. The van der Waals surface area contributed by atoms with Crippen LogP contribution in [-0.2, 0) is 89.4 Å². The van der Waals surface area contributed by atoms with E-state index in [9.17, 15) is 52.7 Å². The zero-order chi connectivity index (χ0) is 87.2. The highest BCUT2D eigenvalue weighted by Gasteiger charge is 2.43. The summed E-state index contributed by atoms with van der Waals surface area (Å²) < 4.78 is 53.1. The number of urea groups is 1. The molecule has 12 amide bonds. The van der Waals surface area contributed by atoms with Gasteiger partial charge in [-0.3, -0.25) is 53.4 Å². The molecule has 8 N–H and O–H groups in total. The number of carbonyl (C=O) groups excluding carboxylic acids is 11. The van der Waals surface area contributed by atoms with Crippen LogP contribution in [-0.4, -0.2) is 267 Å². The van der Waals surface area contributed by atoms with Crippen molar-refractivity contribution >= 4 is 94.1 Å². The lowest BCUT2D eigenvalue weighted by atomic mass is 9.90. The van der Waals surface area contributed by atoms with E-state index in [0.717, 1.165) is 42.0 Å². The van der Waals surface area contributed by atoms with Gasteiger partial charge in [0, 0.05) is 92.6 Å². The molecule has 4 aliphatic heterocycles. The first-order valence-corrected chi connectivity index (χ1v) is 42.3. The predicted molar refractivity (Wildman–Crippen MR) is 449 cm³/mol. The summed E-state index contributed by atoms with van der Waals surface area (Å²) in [6, 6.07) is 13.6. The van der Waals surface area contributed by atoms with Gasteiger partial charge in [0.2, 0.25) is 41.4 Å². The molecule has 0 radical (unpaired) electrons. The van der Waals surface area contributed by atoms with Gasteiger partial charge in [-0.1, -0.05) is 74.9 Å². The Balaban J connectivity index is 0.643. The molecule has 3 aromatic carbocycles. The molecule has 4 atom stereocenters. The Bertz CT molecular complexity index is 4560. The summed E-state index contributed by atoms with van der Waals surface area (Å²) in [5.41, 5.74) is 10.8. The molecule has 2 aliphatic carbocycles. The number of hydrogen-bond donors (Lipinski definition) is 7. The van der Waals surface area contributed by atoms with Crippen molar-refractivity contribution in [3.05, 3.63) is 107 Å². The molecule has 6 heterocycles. The SMILES string of the molecule is CC[C@@H]1C(=O)N(C)c2cnc(Nc3ccc(-c4cn([C@H]5CC[C@@H](N(CCOCCC#Cc6cccc7c6CN(C6CCC(=O)NC6=O)C7=O)C(=O)OCc6ccc(NC(=O)[C@H](CCCNC(N)=O)NC(=O)C(NC(=O)CCOCCOCCOCCOCCOCCOCCN7C(=O)C=CC7=O)C(C)C)cc6)CC5)nn4)cc3OC)nc2N1C1CCCC1. The van der Waals surface area contributed by atoms with E-state index in [1.165, 1.54) is 17.1 Å². The number of benzene rings is 3. The largest absolute Gasteiger partial charge is 0.495 e. The van der Waals surface area contributed by atoms with Crippen molar-refractivity contribution in [2.24, 2.45) is 11.7 Å². The molecular weight excluding hydrogens is 1590 g/mol. The maximum Gasteiger partial charge on any atom is 0.410 e. The molecule has 11 rings (SSSR count). The average Bonchev–Trinajstić information content (AvgIpc) is 1.76. The second kappa shape index (κ2) is 46.6. The molecule has 2 saturated carbocycles. The number of hydrogen-bond acceptors (Lipinski definition) is 26. The molecule has 37 heteroatoms. The number of likely N-dealkylation sites (N-methyl/N-ethyl adjacent to an activating group) is 1. The fourth-order valence-corrected chi connectivity index (χ4v) is 15.6. The van der Waals surface area contributed by atoms with Gasteiger partial charge in [-0.2, -0.15) is 4.98 Å². The zero-order valence-electron chi connectivity index (χ0n) is 70.5. The lowest BCUT2D eigenvalue weighted by Crippen LogP contribution is -2.55. The number of aromatic nitrogens is 5. The van der Waals surface area contributed by atoms with Gasteiger partial charge in [-0.05, 0) is 118 Å². The van der Waals surface area contributed by atoms with E-state index < -0.39 is 59.8 Å². The van der Waals surface area contributed by atoms with Crippen molar-refractivity contribution in [1.29, 1.82) is 0 Å². The molecular formula is C86H113N17O20. The number of amides is 12. The van der Waals surface area contributed by atoms with Gasteiger partial charge < -0.3 is 94.5 Å². The molecule has 2 unspecified atom stereocenters. The van der Waals surface area contributed by atoms with E-state index in [0.29, 0.717) is 148 Å². The standard InChI is InChI=1S/C86H113N17O20/c1-6-69-83(112)98(4)71-52-89-85(95-78(71)103(69)63-15-7-8-16-63)92-66-28-21-59(51-72(66)115-5)68-54-102(97-96-68)62-26-24-61(25-27-62)99(35-39-116-37-10-9-13-58-14-11-17-64-65(58)53-101(82(64)111)70-29-30-73(104)94-80(70)109)86(114)123-55-57-19-22-60(23-20-57)90-79(108)67(18-12-34-88-84(87)113)91-81(110)77(56(2)3)93-74(105)33-38-117-41-43-119-45-47-121-49-50-122-48-46-120-44-42-118-40-36-100-75(106)31-32-76(100)107/h11,14,17,19-23,28,31-32,51-52,54,56,61-63,67,69-70,77H,6-8,10,12,15-16,18,24-27,29-30,33-50,53,55H2,1-5H3,(H,90,108)(H,91,110)(H,93,105)(H3,87,88,113)(H,89,92,95)(H,94,104,109)/t61-,62+,67-,69+,70?,77?/m0/s1. The third-order valence-corrected chi connectivity index (χ3v) is 22.2. The maximum absolute atomic E-state index is 14.5. The fraction of sp³-hybridized carbons (Fsp3) is 0.547. The molecule has 3 fully saturated rings. The summed E-state index contributed by atoms with van der Waals surface area (Å²) in [6.45, 7) is 9.94. The van der Waals surface area contributed by atoms with E-state index in [4.69, 9.17) is 53.3 Å². The Morgan fingerprint density at radius 2 is 1.42 bits per heavy atom. The van der Waals surface area contributed by atoms with Crippen LogP contribution in [0.1, 0.15) is 150 Å². The first-order valence-electron chi connectivity index (χ1n) is 42.3. The second-order valence-corrected chi connectivity index (χ2v) is 30.9. The predicted octanol–water partition coefficient (Wildman–Crippen LogP) is 5.76. The average molecular weight is 1700 g/mol. The van der Waals surface area contributed by atoms with Gasteiger partial charge >= 0.3 is 12.1 Å². The molecule has 0 spiro atoms. The van der Waals surface area contributed by atoms with Gasteiger partial charge in [0.15, 0.2) is 5.82 Å². The third-order valence-electron chi connectivity index (χ3n) is 22.2. The summed E-state index contributed by atoms with van der Waals surface area (Å²) in [4.78, 5) is 160. The van der Waals surface area contributed by atoms with Gasteiger partial charge in [0.05, 0.1) is 130 Å². The van der Waals surface area contributed by atoms with Crippen LogP contribution in [0.3, 0.4) is 0 Å². The second-order valence-electron chi connectivity index (χ2n) is 30.9. The third kappa shape index (κ3) is 26.0. The number of piperidine rings is 1. The number of primary amides is 1. The highest BCUT2D eigenvalue weighted by Crippen LogP contribution is 2.42. The molecule has 0 bridgehead atoms. The van der Waals surface area contributed by atoms with E-state index >= 15 is 0 Å². The Morgan fingerprint density at radius 3 is 2.08 bits per heavy atom. The normalized spacial score (nSPS) is 18.1. The van der Waals surface area contributed by atoms with Crippen LogP contribution in [0.25, 0.3) is 11.3 Å². The van der Waals surface area contributed by atoms with Crippen molar-refractivity contribution in [2.45, 2.75) is 173 Å². The van der Waals surface area contributed by atoms with Crippen molar-refractivity contribution in [1.82, 2.24) is 60.9 Å². The van der Waals surface area contributed by atoms with Crippen LogP contribution >= 0.6 is 0 Å². The van der Waals surface area contributed by atoms with Crippen molar-refractivity contribution in [2.75, 3.05) is 147 Å². The lowest BCUT2D eigenvalue weighted by Gasteiger charge is -2.43. The molecule has 37 nitrogen and oxygen atoms in total. The van der Waals surface area contributed by atoms with Crippen LogP contribution in [0.5, 0.6) is 5.75 Å². The van der Waals surface area contributed by atoms with Gasteiger partial charge in [-0.25, -0.2) is 19.3 Å². The highest BCUT2D eigenvalue weighted by molar-refractivity contribution is 6.13. The minimum Gasteiger partial charge on any atom is -0.495 e. The fourth-order valence-electron chi connectivity index (χ4n) is 15.6. The molecule has 662 valence electrons. The van der Waals surface area contributed by atoms with Crippen LogP contribution in [0.4, 0.5) is 38.4 Å². The van der Waals surface area contributed by atoms with Gasteiger partial charge in [0.25, 0.3) is 17.7 Å². The monoisotopic (exact) mass is 1700 g/mol. The number of methoxy groups -OCH3 is 1. The van der Waals surface area contributed by atoms with Crippen LogP contribution in [0.15, 0.2) is 85.2 Å². The minimum atomic E-state index is -1.12. The number of nitrogens with zero attached hydrogens (tertiary/aromatic N) is 10. The first kappa shape index (κ1) is 92.2. The molecule has 1 saturated heterocycles. The van der Waals surface area contributed by atoms with Crippen molar-refractivity contribution in [3.63, 3.8) is 0 Å². The Hall–Kier alpha value is -11.5. The Labute approximate surface area is 714 Å². The van der Waals surface area contributed by atoms with E-state index in [1.807, 2.05) is 42.1 Å². The number of imide groups is 2. The summed E-state index contributed by atoms with van der Waals surface area (Å²) in [7, 11) is 3.36. The van der Waals surface area contributed by atoms with Crippen molar-refractivity contribution in [3.8, 4) is 28.8 Å². The molecule has 6 aliphatic rings. The number of carbonyl (C=O) groups is 11. The minimum absolute atomic E-state index is 0.0374. The summed E-state index contributed by atoms with van der Waals surface area (Å²) in [6.07, 6.45) is 13.9. The van der Waals surface area contributed by atoms with E-state index in [1.54, 1.807) is 80.4 Å². The van der Waals surface area contributed by atoms with Gasteiger partial charge in [0.1, 0.15) is 47.9 Å². The summed E-state index contributed by atoms with van der Waals surface area (Å²) in [5, 5.41) is 25.8. The number of rotatable bonds is 47. The van der Waals surface area contributed by atoms with E-state index in [-0.39, 0.29) is 158 Å². The van der Waals surface area contributed by atoms with Crippen molar-refractivity contribution < 1.29 is 95.4 Å².